The van der Waals surface area contributed by atoms with E-state index in [1.165, 1.54) is 28.5 Å². The zero-order valence-electron chi connectivity index (χ0n) is 14.8. The van der Waals surface area contributed by atoms with Crippen LogP contribution in [0.5, 0.6) is 0 Å². The molecule has 0 bridgehead atoms. The lowest BCUT2D eigenvalue weighted by atomic mass is 10.1. The maximum Gasteiger partial charge on any atom is 0.252 e. The van der Waals surface area contributed by atoms with Gasteiger partial charge in [-0.3, -0.25) is 15.0 Å². The molecule has 144 valence electrons. The Labute approximate surface area is 179 Å². The van der Waals surface area contributed by atoms with Crippen molar-refractivity contribution in [1.29, 1.82) is 0 Å². The van der Waals surface area contributed by atoms with E-state index in [4.69, 9.17) is 11.6 Å². The number of carbonyl (C=O) groups excluding carboxylic acids is 2. The van der Waals surface area contributed by atoms with Gasteiger partial charge in [0.25, 0.3) is 5.91 Å². The number of thiazole rings is 1. The molecular formula is C19H16ClN3O2S3. The number of nitrogens with zero attached hydrogens (tertiary/aromatic N) is 2. The largest absolute Gasteiger partial charge is 0.272 e. The van der Waals surface area contributed by atoms with Crippen LogP contribution >= 0.6 is 46.5 Å². The Kier molecular flexibility index (Phi) is 5.55. The summed E-state index contributed by atoms with van der Waals surface area (Å²) in [5, 5.41) is 2.06. The van der Waals surface area contributed by atoms with E-state index in [9.17, 15) is 9.59 Å². The highest BCUT2D eigenvalue weighted by atomic mass is 35.5. The number of thioether (sulfide) groups is 2. The first-order valence-corrected chi connectivity index (χ1v) is 11.6. The number of amides is 2. The highest BCUT2D eigenvalue weighted by Crippen LogP contribution is 2.44. The molecule has 9 heteroatoms. The molecule has 1 aliphatic rings. The fraction of sp³-hybridized carbons (Fsp3) is 0.211. The summed E-state index contributed by atoms with van der Waals surface area (Å²) < 4.78 is 1.92. The van der Waals surface area contributed by atoms with E-state index in [0.29, 0.717) is 10.8 Å². The summed E-state index contributed by atoms with van der Waals surface area (Å²) in [6.07, 6.45) is 0. The molecule has 2 heterocycles. The zero-order chi connectivity index (χ0) is 19.7. The number of hydrogen-bond donors (Lipinski definition) is 1. The van der Waals surface area contributed by atoms with E-state index in [1.807, 2.05) is 43.3 Å². The summed E-state index contributed by atoms with van der Waals surface area (Å²) in [7, 11) is 0. The van der Waals surface area contributed by atoms with E-state index in [1.54, 1.807) is 23.5 Å². The van der Waals surface area contributed by atoms with Gasteiger partial charge in [0.1, 0.15) is 4.87 Å². The topological polar surface area (TPSA) is 62.3 Å². The van der Waals surface area contributed by atoms with Gasteiger partial charge < -0.3 is 0 Å². The number of hydrazine groups is 1. The Morgan fingerprint density at radius 2 is 2.04 bits per heavy atom. The lowest BCUT2D eigenvalue weighted by Crippen LogP contribution is -2.52. The third-order valence-electron chi connectivity index (χ3n) is 4.37. The quantitative estimate of drug-likeness (QED) is 0.580. The summed E-state index contributed by atoms with van der Waals surface area (Å²) in [4.78, 5) is 28.8. The molecule has 1 N–H and O–H groups in total. The number of fused-ring (bicyclic) bond motifs is 1. The zero-order valence-corrected chi connectivity index (χ0v) is 18.1. The molecular weight excluding hydrogens is 434 g/mol. The molecule has 4 rings (SSSR count). The first-order valence-electron chi connectivity index (χ1n) is 8.46. The van der Waals surface area contributed by atoms with E-state index >= 15 is 0 Å². The van der Waals surface area contributed by atoms with Crippen LogP contribution in [0, 0.1) is 0 Å². The van der Waals surface area contributed by atoms with Crippen molar-refractivity contribution in [1.82, 2.24) is 15.4 Å². The second-order valence-corrected chi connectivity index (χ2v) is 10.3. The van der Waals surface area contributed by atoms with Crippen LogP contribution in [0.3, 0.4) is 0 Å². The van der Waals surface area contributed by atoms with Gasteiger partial charge in [-0.05, 0) is 36.8 Å². The maximum atomic E-state index is 12.5. The van der Waals surface area contributed by atoms with Crippen LogP contribution in [0.25, 0.3) is 10.2 Å². The third-order valence-corrected chi connectivity index (χ3v) is 8.17. The Bertz CT molecular complexity index is 1010. The molecule has 0 radical (unpaired) electrons. The van der Waals surface area contributed by atoms with Crippen molar-refractivity contribution in [2.24, 2.45) is 0 Å². The fourth-order valence-corrected chi connectivity index (χ4v) is 6.01. The summed E-state index contributed by atoms with van der Waals surface area (Å²) in [6.45, 7) is 1.92. The van der Waals surface area contributed by atoms with Crippen LogP contribution in [0.15, 0.2) is 52.9 Å². The van der Waals surface area contributed by atoms with Gasteiger partial charge in [0, 0.05) is 5.02 Å². The maximum absolute atomic E-state index is 12.5. The van der Waals surface area contributed by atoms with E-state index in [-0.39, 0.29) is 17.6 Å². The molecule has 1 saturated heterocycles. The average molecular weight is 450 g/mol. The van der Waals surface area contributed by atoms with Gasteiger partial charge in [-0.15, -0.1) is 23.1 Å². The normalized spacial score (nSPS) is 19.4. The lowest BCUT2D eigenvalue weighted by Gasteiger charge is -2.34. The molecule has 1 aliphatic heterocycles. The molecule has 5 nitrogen and oxygen atoms in total. The minimum Gasteiger partial charge on any atom is -0.272 e. The van der Waals surface area contributed by atoms with Crippen molar-refractivity contribution in [3.05, 3.63) is 59.1 Å². The molecule has 0 saturated carbocycles. The second kappa shape index (κ2) is 7.94. The number of rotatable bonds is 5. The number of aromatic nitrogens is 1. The predicted molar refractivity (Wildman–Crippen MR) is 117 cm³/mol. The summed E-state index contributed by atoms with van der Waals surface area (Å²) >= 11 is 10.4. The number of carbonyl (C=O) groups is 2. The van der Waals surface area contributed by atoms with Crippen molar-refractivity contribution < 1.29 is 9.59 Å². The Morgan fingerprint density at radius 1 is 1.29 bits per heavy atom. The van der Waals surface area contributed by atoms with Crippen LogP contribution in [-0.4, -0.2) is 33.3 Å². The van der Waals surface area contributed by atoms with Crippen LogP contribution < -0.4 is 5.43 Å². The Hall–Kier alpha value is -1.74. The molecule has 1 aromatic heterocycles. The molecule has 1 atom stereocenters. The molecule has 2 aromatic carbocycles. The Balaban J connectivity index is 1.44. The third kappa shape index (κ3) is 3.87. The highest BCUT2D eigenvalue weighted by Gasteiger charge is 2.45. The van der Waals surface area contributed by atoms with Crippen LogP contribution in [0.1, 0.15) is 12.5 Å². The summed E-state index contributed by atoms with van der Waals surface area (Å²) in [5.41, 5.74) is 4.62. The lowest BCUT2D eigenvalue weighted by molar-refractivity contribution is -0.141. The molecule has 1 fully saturated rings. The first-order chi connectivity index (χ1) is 13.5. The monoisotopic (exact) mass is 449 g/mol. The molecule has 0 aliphatic carbocycles. The van der Waals surface area contributed by atoms with E-state index in [2.05, 4.69) is 10.4 Å². The molecule has 1 unspecified atom stereocenters. The summed E-state index contributed by atoms with van der Waals surface area (Å²) in [6, 6.07) is 15.2. The van der Waals surface area contributed by atoms with Gasteiger partial charge in [-0.2, -0.15) is 0 Å². The van der Waals surface area contributed by atoms with Gasteiger partial charge in [-0.25, -0.2) is 9.99 Å². The molecule has 0 spiro atoms. The molecule has 3 aromatic rings. The molecule has 28 heavy (non-hydrogen) atoms. The van der Waals surface area contributed by atoms with Crippen molar-refractivity contribution in [3.63, 3.8) is 0 Å². The van der Waals surface area contributed by atoms with E-state index < -0.39 is 4.87 Å². The average Bonchev–Trinajstić information content (AvgIpc) is 3.23. The van der Waals surface area contributed by atoms with Gasteiger partial charge >= 0.3 is 0 Å². The van der Waals surface area contributed by atoms with E-state index in [0.717, 1.165) is 20.1 Å². The number of hydrogen-bond acceptors (Lipinski definition) is 6. The first kappa shape index (κ1) is 19.6. The van der Waals surface area contributed by atoms with Gasteiger partial charge in [0.2, 0.25) is 5.91 Å². The van der Waals surface area contributed by atoms with Gasteiger partial charge in [0.15, 0.2) is 4.34 Å². The van der Waals surface area contributed by atoms with Gasteiger partial charge in [0.05, 0.1) is 21.7 Å². The molecule has 2 amide bonds. The number of nitrogens with one attached hydrogen (secondary N) is 1. The predicted octanol–water partition coefficient (Wildman–Crippen LogP) is 4.52. The number of para-hydroxylation sites is 1. The van der Waals surface area contributed by atoms with Crippen molar-refractivity contribution >= 4 is 68.5 Å². The second-order valence-electron chi connectivity index (χ2n) is 6.28. The number of benzene rings is 2. The van der Waals surface area contributed by atoms with Crippen molar-refractivity contribution in [2.75, 3.05) is 11.5 Å². The minimum absolute atomic E-state index is 0.124. The summed E-state index contributed by atoms with van der Waals surface area (Å²) in [5.74, 6) is 0.135. The van der Waals surface area contributed by atoms with Crippen LogP contribution in [-0.2, 0) is 14.5 Å². The van der Waals surface area contributed by atoms with Gasteiger partial charge in [-0.1, -0.05) is 47.6 Å². The van der Waals surface area contributed by atoms with Crippen molar-refractivity contribution in [3.8, 4) is 0 Å². The highest BCUT2D eigenvalue weighted by molar-refractivity contribution is 8.01. The standard InChI is InChI=1S/C19H16ClN3O2S3/c1-19(12-6-8-13(20)9-7-12)23(17(25)11-27-19)22-16(24)10-26-18-21-14-4-2-3-5-15(14)28-18/h2-9H,10-11H2,1H3,(H,22,24). The Morgan fingerprint density at radius 3 is 2.79 bits per heavy atom. The minimum atomic E-state index is -0.669. The van der Waals surface area contributed by atoms with Crippen molar-refractivity contribution in [2.45, 2.75) is 16.1 Å². The number of halogens is 1. The van der Waals surface area contributed by atoms with Crippen LogP contribution in [0.4, 0.5) is 0 Å². The smallest absolute Gasteiger partial charge is 0.252 e. The SMILES string of the molecule is CC1(c2ccc(Cl)cc2)SCC(=O)N1NC(=O)CSc1nc2ccccc2s1. The fourth-order valence-electron chi connectivity index (χ4n) is 2.91. The van der Waals surface area contributed by atoms with Crippen LogP contribution in [0.2, 0.25) is 5.02 Å².